The molecule has 0 aliphatic heterocycles. The Morgan fingerprint density at radius 3 is 2.73 bits per heavy atom. The molecule has 0 heterocycles. The Bertz CT molecular complexity index is 617. The van der Waals surface area contributed by atoms with Gasteiger partial charge in [-0.25, -0.2) is 0 Å². The first-order valence-electron chi connectivity index (χ1n) is 7.05. The van der Waals surface area contributed by atoms with E-state index in [2.05, 4.69) is 21.2 Å². The molecule has 0 atom stereocenters. The van der Waals surface area contributed by atoms with Crippen molar-refractivity contribution in [3.05, 3.63) is 64.1 Å². The molecule has 116 valence electrons. The summed E-state index contributed by atoms with van der Waals surface area (Å²) in [5, 5.41) is 12.4. The molecule has 0 aliphatic rings. The minimum absolute atomic E-state index is 0.0268. The van der Waals surface area contributed by atoms with E-state index in [1.54, 1.807) is 12.1 Å². The van der Waals surface area contributed by atoms with Gasteiger partial charge in [-0.3, -0.25) is 4.79 Å². The van der Waals surface area contributed by atoms with Gasteiger partial charge in [0.1, 0.15) is 5.75 Å². The van der Waals surface area contributed by atoms with Gasteiger partial charge < -0.3 is 15.2 Å². The van der Waals surface area contributed by atoms with Gasteiger partial charge in [0, 0.05) is 17.6 Å². The van der Waals surface area contributed by atoms with Crippen LogP contribution >= 0.6 is 15.9 Å². The predicted octanol–water partition coefficient (Wildman–Crippen LogP) is 3.49. The van der Waals surface area contributed by atoms with Gasteiger partial charge in [0.25, 0.3) is 5.91 Å². The molecule has 2 aromatic rings. The first-order valence-corrected chi connectivity index (χ1v) is 7.84. The van der Waals surface area contributed by atoms with E-state index < -0.39 is 0 Å². The van der Waals surface area contributed by atoms with Crippen molar-refractivity contribution < 1.29 is 14.6 Å². The molecule has 0 unspecified atom stereocenters. The van der Waals surface area contributed by atoms with Gasteiger partial charge >= 0.3 is 0 Å². The van der Waals surface area contributed by atoms with Crippen LogP contribution in [0.1, 0.15) is 22.3 Å². The molecule has 0 aliphatic carbocycles. The van der Waals surface area contributed by atoms with Crippen LogP contribution in [0, 0.1) is 0 Å². The first kappa shape index (κ1) is 16.5. The predicted molar refractivity (Wildman–Crippen MR) is 88.9 cm³/mol. The molecule has 0 fully saturated rings. The van der Waals surface area contributed by atoms with Crippen molar-refractivity contribution in [1.82, 2.24) is 5.32 Å². The second kappa shape index (κ2) is 8.56. The van der Waals surface area contributed by atoms with Crippen LogP contribution in [0.3, 0.4) is 0 Å². The van der Waals surface area contributed by atoms with Crippen LogP contribution in [0.5, 0.6) is 5.75 Å². The maximum absolute atomic E-state index is 11.9. The van der Waals surface area contributed by atoms with Crippen molar-refractivity contribution in [2.45, 2.75) is 13.0 Å². The van der Waals surface area contributed by atoms with Crippen LogP contribution in [-0.4, -0.2) is 24.2 Å². The van der Waals surface area contributed by atoms with Crippen molar-refractivity contribution >= 4 is 21.8 Å². The number of amides is 1. The summed E-state index contributed by atoms with van der Waals surface area (Å²) in [4.78, 5) is 11.9. The number of ether oxygens (including phenoxy) is 1. The average molecular weight is 364 g/mol. The topological polar surface area (TPSA) is 58.6 Å². The number of halogens is 1. The number of hydrogen-bond donors (Lipinski definition) is 2. The zero-order chi connectivity index (χ0) is 15.8. The zero-order valence-electron chi connectivity index (χ0n) is 12.1. The van der Waals surface area contributed by atoms with E-state index in [0.29, 0.717) is 26.2 Å². The summed E-state index contributed by atoms with van der Waals surface area (Å²) in [6.45, 7) is 1.64. The highest BCUT2D eigenvalue weighted by Crippen LogP contribution is 2.21. The Kier molecular flexibility index (Phi) is 6.43. The fourth-order valence-electron chi connectivity index (χ4n) is 1.93. The lowest BCUT2D eigenvalue weighted by Gasteiger charge is -2.08. The number of phenols is 1. The van der Waals surface area contributed by atoms with Gasteiger partial charge in [0.15, 0.2) is 0 Å². The molecular weight excluding hydrogens is 346 g/mol. The van der Waals surface area contributed by atoms with Crippen molar-refractivity contribution in [2.75, 3.05) is 13.2 Å². The molecule has 4 nitrogen and oxygen atoms in total. The summed E-state index contributed by atoms with van der Waals surface area (Å²) in [6, 6.07) is 14.7. The van der Waals surface area contributed by atoms with E-state index in [9.17, 15) is 9.90 Å². The van der Waals surface area contributed by atoms with E-state index in [1.807, 2.05) is 30.3 Å². The number of nitrogens with one attached hydrogen (secondary N) is 1. The summed E-state index contributed by atoms with van der Waals surface area (Å²) in [5.74, 6) is -0.317. The Balaban J connectivity index is 1.66. The fraction of sp³-hybridized carbons (Fsp3) is 0.235. The first-order chi connectivity index (χ1) is 10.7. The zero-order valence-corrected chi connectivity index (χ0v) is 13.7. The van der Waals surface area contributed by atoms with E-state index in [4.69, 9.17) is 4.74 Å². The number of aromatic hydroxyl groups is 1. The molecule has 2 N–H and O–H groups in total. The van der Waals surface area contributed by atoms with Crippen LogP contribution in [0.2, 0.25) is 0 Å². The van der Waals surface area contributed by atoms with Gasteiger partial charge in [-0.1, -0.05) is 46.3 Å². The minimum Gasteiger partial charge on any atom is -0.507 e. The number of benzene rings is 2. The molecule has 5 heteroatoms. The summed E-state index contributed by atoms with van der Waals surface area (Å²) < 4.78 is 6.29. The smallest absolute Gasteiger partial charge is 0.255 e. The SMILES string of the molecule is O=C(NCCCOCc1ccccc1)c1cc(Br)ccc1O. The Labute approximate surface area is 138 Å². The lowest BCUT2D eigenvalue weighted by atomic mass is 10.2. The molecular formula is C17H18BrNO3. The Hall–Kier alpha value is -1.85. The Morgan fingerprint density at radius 2 is 1.95 bits per heavy atom. The van der Waals surface area contributed by atoms with Crippen molar-refractivity contribution in [1.29, 1.82) is 0 Å². The summed E-state index contributed by atoms with van der Waals surface area (Å²) in [5.41, 5.74) is 1.39. The van der Waals surface area contributed by atoms with Crippen LogP contribution in [-0.2, 0) is 11.3 Å². The van der Waals surface area contributed by atoms with Crippen LogP contribution in [0.4, 0.5) is 0 Å². The monoisotopic (exact) mass is 363 g/mol. The highest BCUT2D eigenvalue weighted by Gasteiger charge is 2.10. The summed E-state index contributed by atoms with van der Waals surface area (Å²) in [6.07, 6.45) is 0.716. The molecule has 0 spiro atoms. The van der Waals surface area contributed by atoms with E-state index in [0.717, 1.165) is 10.0 Å². The Morgan fingerprint density at radius 1 is 1.18 bits per heavy atom. The molecule has 22 heavy (non-hydrogen) atoms. The van der Waals surface area contributed by atoms with Crippen molar-refractivity contribution in [3.63, 3.8) is 0 Å². The molecule has 0 saturated carbocycles. The molecule has 0 saturated heterocycles. The molecule has 0 radical (unpaired) electrons. The third-order valence-electron chi connectivity index (χ3n) is 3.07. The lowest BCUT2D eigenvalue weighted by Crippen LogP contribution is -2.25. The standard InChI is InChI=1S/C17H18BrNO3/c18-14-7-8-16(20)15(11-14)17(21)19-9-4-10-22-12-13-5-2-1-3-6-13/h1-3,5-8,11,20H,4,9-10,12H2,(H,19,21). The maximum Gasteiger partial charge on any atom is 0.255 e. The number of hydrogen-bond acceptors (Lipinski definition) is 3. The highest BCUT2D eigenvalue weighted by molar-refractivity contribution is 9.10. The van der Waals surface area contributed by atoms with Crippen LogP contribution in [0.15, 0.2) is 53.0 Å². The van der Waals surface area contributed by atoms with Crippen LogP contribution in [0.25, 0.3) is 0 Å². The maximum atomic E-state index is 11.9. The van der Waals surface area contributed by atoms with Crippen molar-refractivity contribution in [3.8, 4) is 5.75 Å². The van der Waals surface area contributed by atoms with Crippen LogP contribution < -0.4 is 5.32 Å². The third kappa shape index (κ3) is 5.16. The molecule has 1 amide bonds. The quantitative estimate of drug-likeness (QED) is 0.740. The average Bonchev–Trinajstić information content (AvgIpc) is 2.54. The molecule has 0 aromatic heterocycles. The van der Waals surface area contributed by atoms with Gasteiger partial charge in [-0.15, -0.1) is 0 Å². The molecule has 2 rings (SSSR count). The molecule has 2 aromatic carbocycles. The number of phenolic OH excluding ortho intramolecular Hbond substituents is 1. The number of carbonyl (C=O) groups excluding carboxylic acids is 1. The number of rotatable bonds is 7. The van der Waals surface area contributed by atoms with E-state index in [1.165, 1.54) is 6.07 Å². The summed E-state index contributed by atoms with van der Waals surface area (Å²) >= 11 is 3.28. The van der Waals surface area contributed by atoms with E-state index >= 15 is 0 Å². The lowest BCUT2D eigenvalue weighted by molar-refractivity contribution is 0.0932. The van der Waals surface area contributed by atoms with E-state index in [-0.39, 0.29) is 17.2 Å². The fourth-order valence-corrected chi connectivity index (χ4v) is 2.29. The third-order valence-corrected chi connectivity index (χ3v) is 3.56. The van der Waals surface area contributed by atoms with Gasteiger partial charge in [-0.2, -0.15) is 0 Å². The number of carbonyl (C=O) groups is 1. The second-order valence-electron chi connectivity index (χ2n) is 4.81. The summed E-state index contributed by atoms with van der Waals surface area (Å²) in [7, 11) is 0. The van der Waals surface area contributed by atoms with Gasteiger partial charge in [0.05, 0.1) is 12.2 Å². The molecule has 0 bridgehead atoms. The van der Waals surface area contributed by atoms with Gasteiger partial charge in [-0.05, 0) is 30.2 Å². The van der Waals surface area contributed by atoms with Crippen molar-refractivity contribution in [2.24, 2.45) is 0 Å². The van der Waals surface area contributed by atoms with Gasteiger partial charge in [0.2, 0.25) is 0 Å². The largest absolute Gasteiger partial charge is 0.507 e. The highest BCUT2D eigenvalue weighted by atomic mass is 79.9. The second-order valence-corrected chi connectivity index (χ2v) is 5.72. The minimum atomic E-state index is -0.290. The normalized spacial score (nSPS) is 10.4.